The lowest BCUT2D eigenvalue weighted by molar-refractivity contribution is -0.126. The number of nitrogens with zero attached hydrogens (tertiary/aromatic N) is 3. The number of anilines is 1. The van der Waals surface area contributed by atoms with Crippen LogP contribution in [0.3, 0.4) is 0 Å². The second-order valence-electron chi connectivity index (χ2n) is 10.8. The van der Waals surface area contributed by atoms with E-state index in [0.29, 0.717) is 26.1 Å². The summed E-state index contributed by atoms with van der Waals surface area (Å²) in [7, 11) is 0. The van der Waals surface area contributed by atoms with Crippen LogP contribution in [-0.2, 0) is 22.4 Å². The van der Waals surface area contributed by atoms with Gasteiger partial charge in [-0.05, 0) is 67.0 Å². The van der Waals surface area contributed by atoms with Gasteiger partial charge >= 0.3 is 0 Å². The van der Waals surface area contributed by atoms with Crippen LogP contribution in [0.4, 0.5) is 5.69 Å². The Hall–Kier alpha value is -3.71. The molecule has 2 aromatic carbocycles. The van der Waals surface area contributed by atoms with Gasteiger partial charge in [-0.3, -0.25) is 19.5 Å². The van der Waals surface area contributed by atoms with Crippen LogP contribution in [0.5, 0.6) is 0 Å². The van der Waals surface area contributed by atoms with Crippen molar-refractivity contribution in [3.63, 3.8) is 0 Å². The first-order valence-corrected chi connectivity index (χ1v) is 13.7. The van der Waals surface area contributed by atoms with E-state index in [0.717, 1.165) is 38.0 Å². The fraction of sp³-hybridized carbons (Fsp3) is 0.387. The van der Waals surface area contributed by atoms with Crippen LogP contribution >= 0.6 is 0 Å². The molecule has 196 valence electrons. The number of fused-ring (bicyclic) bond motifs is 1. The zero-order chi connectivity index (χ0) is 26.0. The van der Waals surface area contributed by atoms with Crippen molar-refractivity contribution >= 4 is 17.5 Å². The van der Waals surface area contributed by atoms with Crippen molar-refractivity contribution in [2.45, 2.75) is 49.6 Å². The Labute approximate surface area is 224 Å². The highest BCUT2D eigenvalue weighted by Crippen LogP contribution is 2.37. The monoisotopic (exact) mass is 509 g/mol. The van der Waals surface area contributed by atoms with E-state index in [-0.39, 0.29) is 23.8 Å². The highest BCUT2D eigenvalue weighted by molar-refractivity contribution is 5.93. The van der Waals surface area contributed by atoms with E-state index < -0.39 is 5.54 Å². The molecule has 0 bridgehead atoms. The normalized spacial score (nSPS) is 22.6. The zero-order valence-electron chi connectivity index (χ0n) is 21.7. The van der Waals surface area contributed by atoms with Gasteiger partial charge in [0.2, 0.25) is 11.8 Å². The van der Waals surface area contributed by atoms with E-state index >= 15 is 0 Å². The van der Waals surface area contributed by atoms with Gasteiger partial charge in [0.25, 0.3) is 0 Å². The number of aromatic nitrogens is 1. The lowest BCUT2D eigenvalue weighted by Crippen LogP contribution is -2.57. The molecule has 38 heavy (non-hydrogen) atoms. The number of hydrogen-bond acceptors (Lipinski definition) is 5. The molecule has 2 fully saturated rings. The quantitative estimate of drug-likeness (QED) is 0.534. The molecule has 2 N–H and O–H groups in total. The molecule has 6 rings (SSSR count). The molecule has 0 saturated carbocycles. The summed E-state index contributed by atoms with van der Waals surface area (Å²) in [5, 5.41) is 6.45. The molecule has 1 aromatic heterocycles. The van der Waals surface area contributed by atoms with Gasteiger partial charge < -0.3 is 15.5 Å². The van der Waals surface area contributed by atoms with Crippen LogP contribution in [0, 0.1) is 0 Å². The highest BCUT2D eigenvalue weighted by Gasteiger charge is 2.50. The Morgan fingerprint density at radius 3 is 2.61 bits per heavy atom. The largest absolute Gasteiger partial charge is 0.352 e. The molecule has 7 heteroatoms. The molecule has 1 spiro atoms. The number of amides is 2. The molecule has 2 saturated heterocycles. The Bertz CT molecular complexity index is 1270. The molecule has 2 amide bonds. The summed E-state index contributed by atoms with van der Waals surface area (Å²) in [5.74, 6) is 0.390. The fourth-order valence-corrected chi connectivity index (χ4v) is 6.62. The van der Waals surface area contributed by atoms with Crippen molar-refractivity contribution in [3.05, 3.63) is 95.8 Å². The number of carbonyl (C=O) groups is 2. The Morgan fingerprint density at radius 1 is 1.03 bits per heavy atom. The SMILES string of the molecule is O=C(CN1CCC2(CC1)C(=O)NCN2c1ccccc1)N[C@@H]1CCc2ccccc2[C@@H]1Cc1cccnc1. The third kappa shape index (κ3) is 4.78. The van der Waals surface area contributed by atoms with E-state index in [1.165, 1.54) is 16.7 Å². The summed E-state index contributed by atoms with van der Waals surface area (Å²) < 4.78 is 0. The zero-order valence-corrected chi connectivity index (χ0v) is 21.7. The van der Waals surface area contributed by atoms with Gasteiger partial charge in [-0.1, -0.05) is 48.5 Å². The van der Waals surface area contributed by atoms with Crippen molar-refractivity contribution in [1.82, 2.24) is 20.5 Å². The third-order valence-electron chi connectivity index (χ3n) is 8.65. The number of nitrogens with one attached hydrogen (secondary N) is 2. The summed E-state index contributed by atoms with van der Waals surface area (Å²) >= 11 is 0. The summed E-state index contributed by atoms with van der Waals surface area (Å²) in [6, 6.07) is 22.9. The summed E-state index contributed by atoms with van der Waals surface area (Å²) in [5.41, 5.74) is 4.44. The maximum atomic E-state index is 13.3. The van der Waals surface area contributed by atoms with Gasteiger partial charge in [0.15, 0.2) is 0 Å². The molecule has 7 nitrogen and oxygen atoms in total. The average Bonchev–Trinajstić information content (AvgIpc) is 3.27. The maximum Gasteiger partial charge on any atom is 0.247 e. The standard InChI is InChI=1S/C31H35N5O2/c37-29(21-35-17-14-31(15-18-35)30(38)33-22-36(31)25-9-2-1-3-10-25)34-28-13-12-24-8-4-5-11-26(24)27(28)19-23-7-6-16-32-20-23/h1-11,16,20,27-28H,12-15,17-19,21-22H2,(H,33,38)(H,34,37)/t27-,28+/m0/s1. The average molecular weight is 510 g/mol. The second-order valence-corrected chi connectivity index (χ2v) is 10.8. The van der Waals surface area contributed by atoms with Crippen molar-refractivity contribution in [2.24, 2.45) is 0 Å². The van der Waals surface area contributed by atoms with Crippen molar-refractivity contribution in [1.29, 1.82) is 0 Å². The second kappa shape index (κ2) is 10.6. The van der Waals surface area contributed by atoms with Gasteiger partial charge in [0, 0.05) is 43.1 Å². The smallest absolute Gasteiger partial charge is 0.247 e. The van der Waals surface area contributed by atoms with Crippen LogP contribution in [0.15, 0.2) is 79.1 Å². The number of benzene rings is 2. The number of carbonyl (C=O) groups excluding carboxylic acids is 2. The van der Waals surface area contributed by atoms with E-state index in [2.05, 4.69) is 67.9 Å². The molecule has 2 aliphatic heterocycles. The lowest BCUT2D eigenvalue weighted by atomic mass is 9.76. The summed E-state index contributed by atoms with van der Waals surface area (Å²) in [6.07, 6.45) is 7.91. The van der Waals surface area contributed by atoms with Crippen LogP contribution < -0.4 is 15.5 Å². The van der Waals surface area contributed by atoms with E-state index in [9.17, 15) is 9.59 Å². The van der Waals surface area contributed by atoms with Gasteiger partial charge in [-0.15, -0.1) is 0 Å². The van der Waals surface area contributed by atoms with E-state index in [1.807, 2.05) is 30.5 Å². The number of pyridine rings is 1. The van der Waals surface area contributed by atoms with Crippen LogP contribution in [-0.4, -0.2) is 59.6 Å². The van der Waals surface area contributed by atoms with Crippen LogP contribution in [0.2, 0.25) is 0 Å². The third-order valence-corrected chi connectivity index (χ3v) is 8.65. The van der Waals surface area contributed by atoms with Crippen LogP contribution in [0.1, 0.15) is 41.9 Å². The predicted molar refractivity (Wildman–Crippen MR) is 148 cm³/mol. The maximum absolute atomic E-state index is 13.3. The van der Waals surface area contributed by atoms with Crippen molar-refractivity contribution in [3.8, 4) is 0 Å². The Kier molecular flexibility index (Phi) is 6.85. The fourth-order valence-electron chi connectivity index (χ4n) is 6.62. The predicted octanol–water partition coefficient (Wildman–Crippen LogP) is 3.27. The number of likely N-dealkylation sites (tertiary alicyclic amines) is 1. The Balaban J connectivity index is 1.10. The van der Waals surface area contributed by atoms with Crippen molar-refractivity contribution in [2.75, 3.05) is 31.2 Å². The number of hydrogen-bond donors (Lipinski definition) is 2. The number of rotatable bonds is 6. The first-order valence-electron chi connectivity index (χ1n) is 13.7. The molecule has 3 aromatic rings. The van der Waals surface area contributed by atoms with E-state index in [4.69, 9.17) is 0 Å². The molecule has 3 aliphatic rings. The lowest BCUT2D eigenvalue weighted by Gasteiger charge is -2.43. The minimum Gasteiger partial charge on any atom is -0.352 e. The molecule has 0 unspecified atom stereocenters. The Morgan fingerprint density at radius 2 is 1.82 bits per heavy atom. The summed E-state index contributed by atoms with van der Waals surface area (Å²) in [4.78, 5) is 35.0. The van der Waals surface area contributed by atoms with E-state index in [1.54, 1.807) is 6.20 Å². The van der Waals surface area contributed by atoms with Gasteiger partial charge in [-0.25, -0.2) is 0 Å². The minimum atomic E-state index is -0.532. The molecule has 0 radical (unpaired) electrons. The highest BCUT2D eigenvalue weighted by atomic mass is 16.2. The summed E-state index contributed by atoms with van der Waals surface area (Å²) in [6.45, 7) is 2.33. The van der Waals surface area contributed by atoms with Gasteiger partial charge in [0.05, 0.1) is 13.2 Å². The molecule has 3 heterocycles. The van der Waals surface area contributed by atoms with Gasteiger partial charge in [0.1, 0.15) is 5.54 Å². The van der Waals surface area contributed by atoms with Crippen LogP contribution in [0.25, 0.3) is 0 Å². The first kappa shape index (κ1) is 24.6. The molecule has 1 aliphatic carbocycles. The molecular formula is C31H35N5O2. The number of para-hydroxylation sites is 1. The molecular weight excluding hydrogens is 474 g/mol. The minimum absolute atomic E-state index is 0.0670. The molecule has 2 atom stereocenters. The van der Waals surface area contributed by atoms with Gasteiger partial charge in [-0.2, -0.15) is 0 Å². The number of aryl methyl sites for hydroxylation is 1. The number of piperidine rings is 1. The topological polar surface area (TPSA) is 77.6 Å². The van der Waals surface area contributed by atoms with Crippen molar-refractivity contribution < 1.29 is 9.59 Å². The first-order chi connectivity index (χ1) is 18.6.